The standard InChI is InChI=1S/C9H14N4/c1-10-5-4-8-3-2-7-6-11-13-9(7)12-8/h3,6,10H,2,4-5H2,1H3,(H2,11,12,13). The number of aromatic nitrogens is 2. The summed E-state index contributed by atoms with van der Waals surface area (Å²) >= 11 is 0. The molecule has 70 valence electrons. The van der Waals surface area contributed by atoms with Crippen LogP contribution < -0.4 is 10.6 Å². The second kappa shape index (κ2) is 3.62. The predicted molar refractivity (Wildman–Crippen MR) is 52.5 cm³/mol. The van der Waals surface area contributed by atoms with E-state index in [2.05, 4.69) is 26.9 Å². The van der Waals surface area contributed by atoms with E-state index in [9.17, 15) is 0 Å². The molecule has 2 heterocycles. The van der Waals surface area contributed by atoms with Gasteiger partial charge in [-0.1, -0.05) is 6.08 Å². The van der Waals surface area contributed by atoms with Gasteiger partial charge in [0.05, 0.1) is 6.20 Å². The van der Waals surface area contributed by atoms with Gasteiger partial charge in [-0.15, -0.1) is 0 Å². The molecule has 0 amide bonds. The van der Waals surface area contributed by atoms with Crippen molar-refractivity contribution >= 4 is 5.82 Å². The number of H-pyrrole nitrogens is 1. The number of aromatic amines is 1. The molecule has 0 aliphatic carbocycles. The smallest absolute Gasteiger partial charge is 0.129 e. The third-order valence-corrected chi connectivity index (χ3v) is 2.22. The van der Waals surface area contributed by atoms with E-state index in [1.54, 1.807) is 0 Å². The number of anilines is 1. The lowest BCUT2D eigenvalue weighted by Gasteiger charge is -2.15. The lowest BCUT2D eigenvalue weighted by atomic mass is 10.1. The Balaban J connectivity index is 2.00. The van der Waals surface area contributed by atoms with E-state index in [-0.39, 0.29) is 0 Å². The summed E-state index contributed by atoms with van der Waals surface area (Å²) in [6, 6.07) is 0. The molecule has 0 spiro atoms. The zero-order valence-corrected chi connectivity index (χ0v) is 7.72. The average Bonchev–Trinajstić information content (AvgIpc) is 2.61. The molecule has 0 unspecified atom stereocenters. The van der Waals surface area contributed by atoms with Gasteiger partial charge in [0.1, 0.15) is 5.82 Å². The molecule has 0 bridgehead atoms. The number of hydrogen-bond donors (Lipinski definition) is 3. The van der Waals surface area contributed by atoms with Crippen LogP contribution in [0.5, 0.6) is 0 Å². The van der Waals surface area contributed by atoms with Crippen molar-refractivity contribution in [1.29, 1.82) is 0 Å². The number of nitrogens with one attached hydrogen (secondary N) is 3. The highest BCUT2D eigenvalue weighted by atomic mass is 15.2. The number of hydrogen-bond acceptors (Lipinski definition) is 3. The van der Waals surface area contributed by atoms with Crippen LogP contribution >= 0.6 is 0 Å². The van der Waals surface area contributed by atoms with E-state index >= 15 is 0 Å². The van der Waals surface area contributed by atoms with Crippen LogP contribution in [0.15, 0.2) is 18.0 Å². The Morgan fingerprint density at radius 2 is 2.54 bits per heavy atom. The highest BCUT2D eigenvalue weighted by Crippen LogP contribution is 2.20. The second-order valence-corrected chi connectivity index (χ2v) is 3.18. The monoisotopic (exact) mass is 178 g/mol. The molecule has 0 fully saturated rings. The van der Waals surface area contributed by atoms with Crippen LogP contribution in [0.2, 0.25) is 0 Å². The van der Waals surface area contributed by atoms with Gasteiger partial charge in [0.15, 0.2) is 0 Å². The van der Waals surface area contributed by atoms with Gasteiger partial charge in [-0.25, -0.2) is 0 Å². The van der Waals surface area contributed by atoms with Crippen LogP contribution in [0.4, 0.5) is 5.82 Å². The van der Waals surface area contributed by atoms with Gasteiger partial charge in [0, 0.05) is 17.8 Å². The number of allylic oxidation sites excluding steroid dienone is 1. The van der Waals surface area contributed by atoms with E-state index in [0.29, 0.717) is 0 Å². The summed E-state index contributed by atoms with van der Waals surface area (Å²) in [5, 5.41) is 13.4. The summed E-state index contributed by atoms with van der Waals surface area (Å²) in [7, 11) is 1.96. The molecule has 0 radical (unpaired) electrons. The minimum absolute atomic E-state index is 0.984. The van der Waals surface area contributed by atoms with Crippen molar-refractivity contribution in [2.24, 2.45) is 0 Å². The number of rotatable bonds is 3. The fourth-order valence-electron chi connectivity index (χ4n) is 1.44. The SMILES string of the molecule is CNCCC1=CCc2cn[nH]c2N1. The number of fused-ring (bicyclic) bond motifs is 1. The van der Waals surface area contributed by atoms with E-state index in [1.807, 2.05) is 13.2 Å². The van der Waals surface area contributed by atoms with Gasteiger partial charge >= 0.3 is 0 Å². The van der Waals surface area contributed by atoms with Crippen molar-refractivity contribution in [1.82, 2.24) is 15.5 Å². The summed E-state index contributed by atoms with van der Waals surface area (Å²) in [6.07, 6.45) is 6.11. The van der Waals surface area contributed by atoms with E-state index in [4.69, 9.17) is 0 Å². The lowest BCUT2D eigenvalue weighted by molar-refractivity contribution is 0.782. The van der Waals surface area contributed by atoms with E-state index in [1.165, 1.54) is 11.3 Å². The molecule has 1 aromatic rings. The highest BCUT2D eigenvalue weighted by molar-refractivity contribution is 5.51. The molecule has 2 rings (SSSR count). The first-order chi connectivity index (χ1) is 6.40. The van der Waals surface area contributed by atoms with E-state index in [0.717, 1.165) is 25.2 Å². The van der Waals surface area contributed by atoms with Gasteiger partial charge in [-0.3, -0.25) is 5.10 Å². The third kappa shape index (κ3) is 1.72. The highest BCUT2D eigenvalue weighted by Gasteiger charge is 2.10. The fraction of sp³-hybridized carbons (Fsp3) is 0.444. The van der Waals surface area contributed by atoms with Crippen LogP contribution in [0.25, 0.3) is 0 Å². The first kappa shape index (κ1) is 8.31. The first-order valence-electron chi connectivity index (χ1n) is 4.53. The normalized spacial score (nSPS) is 14.7. The molecule has 0 saturated heterocycles. The maximum absolute atomic E-state index is 3.98. The summed E-state index contributed by atoms with van der Waals surface area (Å²) in [4.78, 5) is 0. The molecular formula is C9H14N4. The van der Waals surface area contributed by atoms with Crippen LogP contribution in [-0.2, 0) is 6.42 Å². The molecular weight excluding hydrogens is 164 g/mol. The molecule has 4 nitrogen and oxygen atoms in total. The lowest BCUT2D eigenvalue weighted by Crippen LogP contribution is -2.14. The molecule has 0 atom stereocenters. The molecule has 1 aliphatic heterocycles. The van der Waals surface area contributed by atoms with Crippen molar-refractivity contribution < 1.29 is 0 Å². The van der Waals surface area contributed by atoms with Gasteiger partial charge in [-0.05, 0) is 19.9 Å². The molecule has 1 aromatic heterocycles. The molecule has 0 saturated carbocycles. The van der Waals surface area contributed by atoms with E-state index < -0.39 is 0 Å². The fourth-order valence-corrected chi connectivity index (χ4v) is 1.44. The van der Waals surface area contributed by atoms with Crippen molar-refractivity contribution in [2.75, 3.05) is 18.9 Å². The molecule has 1 aliphatic rings. The molecule has 3 N–H and O–H groups in total. The van der Waals surface area contributed by atoms with Crippen LogP contribution in [-0.4, -0.2) is 23.8 Å². The Morgan fingerprint density at radius 1 is 1.62 bits per heavy atom. The molecule has 4 heteroatoms. The summed E-state index contributed by atoms with van der Waals surface area (Å²) in [5.74, 6) is 1.05. The third-order valence-electron chi connectivity index (χ3n) is 2.22. The van der Waals surface area contributed by atoms with Gasteiger partial charge < -0.3 is 10.6 Å². The van der Waals surface area contributed by atoms with Crippen LogP contribution in [0.3, 0.4) is 0 Å². The number of nitrogens with zero attached hydrogens (tertiary/aromatic N) is 1. The quantitative estimate of drug-likeness (QED) is 0.643. The minimum Gasteiger partial charge on any atom is -0.344 e. The van der Waals surface area contributed by atoms with Gasteiger partial charge in [-0.2, -0.15) is 5.10 Å². The Hall–Kier alpha value is -1.29. The Labute approximate surface area is 77.4 Å². The zero-order chi connectivity index (χ0) is 9.10. The minimum atomic E-state index is 0.984. The maximum Gasteiger partial charge on any atom is 0.129 e. The summed E-state index contributed by atoms with van der Waals surface area (Å²) in [5.41, 5.74) is 2.51. The zero-order valence-electron chi connectivity index (χ0n) is 7.72. The predicted octanol–water partition coefficient (Wildman–Crippen LogP) is 0.871. The van der Waals surface area contributed by atoms with Crippen LogP contribution in [0, 0.1) is 0 Å². The van der Waals surface area contributed by atoms with Gasteiger partial charge in [0.2, 0.25) is 0 Å². The topological polar surface area (TPSA) is 52.7 Å². The van der Waals surface area contributed by atoms with Crippen molar-refractivity contribution in [2.45, 2.75) is 12.8 Å². The Kier molecular flexibility index (Phi) is 2.31. The summed E-state index contributed by atoms with van der Waals surface area (Å²) < 4.78 is 0. The Morgan fingerprint density at radius 3 is 3.38 bits per heavy atom. The van der Waals surface area contributed by atoms with Crippen molar-refractivity contribution in [3.05, 3.63) is 23.5 Å². The van der Waals surface area contributed by atoms with Gasteiger partial charge in [0.25, 0.3) is 0 Å². The second-order valence-electron chi connectivity index (χ2n) is 3.18. The van der Waals surface area contributed by atoms with Crippen molar-refractivity contribution in [3.63, 3.8) is 0 Å². The van der Waals surface area contributed by atoms with Crippen molar-refractivity contribution in [3.8, 4) is 0 Å². The summed E-state index contributed by atoms with van der Waals surface area (Å²) in [6.45, 7) is 1.00. The largest absolute Gasteiger partial charge is 0.344 e. The van der Waals surface area contributed by atoms with Crippen LogP contribution in [0.1, 0.15) is 12.0 Å². The molecule has 13 heavy (non-hydrogen) atoms. The maximum atomic E-state index is 3.98. The average molecular weight is 178 g/mol. The Bertz CT molecular complexity index is 313. The molecule has 0 aromatic carbocycles. The first-order valence-corrected chi connectivity index (χ1v) is 4.53.